The molecule has 27 heavy (non-hydrogen) atoms. The van der Waals surface area contributed by atoms with Crippen LogP contribution in [0.15, 0.2) is 67.0 Å². The van der Waals surface area contributed by atoms with Crippen molar-refractivity contribution in [3.63, 3.8) is 0 Å². The molecule has 2 heterocycles. The quantitative estimate of drug-likeness (QED) is 0.550. The van der Waals surface area contributed by atoms with Crippen LogP contribution in [0.4, 0.5) is 5.69 Å². The van der Waals surface area contributed by atoms with Crippen LogP contribution in [-0.2, 0) is 0 Å². The van der Waals surface area contributed by atoms with Crippen LogP contribution in [0, 0.1) is 20.8 Å². The van der Waals surface area contributed by atoms with E-state index in [0.717, 1.165) is 39.3 Å². The number of aromatic nitrogens is 2. The average Bonchev–Trinajstić information content (AvgIpc) is 3.10. The van der Waals surface area contributed by atoms with Crippen LogP contribution in [0.5, 0.6) is 0 Å². The summed E-state index contributed by atoms with van der Waals surface area (Å²) in [5.74, 6) is -0.0905. The molecule has 2 aromatic carbocycles. The minimum atomic E-state index is -0.0905. The van der Waals surface area contributed by atoms with Crippen molar-refractivity contribution in [1.29, 1.82) is 0 Å². The monoisotopic (exact) mass is 355 g/mol. The van der Waals surface area contributed by atoms with Crippen molar-refractivity contribution in [2.24, 2.45) is 0 Å². The van der Waals surface area contributed by atoms with Crippen LogP contribution < -0.4 is 5.32 Å². The lowest BCUT2D eigenvalue weighted by atomic mass is 10.0. The Kier molecular flexibility index (Phi) is 4.24. The second-order valence-electron chi connectivity index (χ2n) is 6.90. The summed E-state index contributed by atoms with van der Waals surface area (Å²) >= 11 is 0. The minimum absolute atomic E-state index is 0.0905. The summed E-state index contributed by atoms with van der Waals surface area (Å²) in [5, 5.41) is 2.98. The number of nitrogens with one attached hydrogen (secondary N) is 1. The Morgan fingerprint density at radius 1 is 0.963 bits per heavy atom. The van der Waals surface area contributed by atoms with Gasteiger partial charge in [-0.15, -0.1) is 0 Å². The molecule has 0 unspecified atom stereocenters. The molecule has 0 saturated carbocycles. The summed E-state index contributed by atoms with van der Waals surface area (Å²) in [6, 6.07) is 17.8. The highest BCUT2D eigenvalue weighted by Gasteiger charge is 2.10. The van der Waals surface area contributed by atoms with Crippen LogP contribution in [0.2, 0.25) is 0 Å². The van der Waals surface area contributed by atoms with E-state index in [1.807, 2.05) is 79.2 Å². The fourth-order valence-corrected chi connectivity index (χ4v) is 3.20. The molecule has 4 aromatic rings. The lowest BCUT2D eigenvalue weighted by Crippen LogP contribution is -2.13. The first kappa shape index (κ1) is 17.0. The standard InChI is InChI=1S/C23H21N3O/c1-15-6-7-16(2)20(13-15)23(27)24-19-10-8-18(9-11-19)21-14-26-12-4-5-17(3)22(26)25-21/h4-14H,1-3H3,(H,24,27). The average molecular weight is 355 g/mol. The molecule has 0 radical (unpaired) electrons. The number of carbonyl (C=O) groups is 1. The van der Waals surface area contributed by atoms with Crippen molar-refractivity contribution in [3.05, 3.63) is 89.2 Å². The van der Waals surface area contributed by atoms with Crippen molar-refractivity contribution >= 4 is 17.2 Å². The molecule has 0 spiro atoms. The molecule has 4 nitrogen and oxygen atoms in total. The molecule has 0 aliphatic rings. The first-order chi connectivity index (χ1) is 13.0. The van der Waals surface area contributed by atoms with Gasteiger partial charge in [0.15, 0.2) is 0 Å². The van der Waals surface area contributed by atoms with Crippen LogP contribution in [0.3, 0.4) is 0 Å². The zero-order valence-electron chi connectivity index (χ0n) is 15.7. The smallest absolute Gasteiger partial charge is 0.255 e. The van der Waals surface area contributed by atoms with Gasteiger partial charge in [-0.1, -0.05) is 35.9 Å². The normalized spacial score (nSPS) is 10.9. The van der Waals surface area contributed by atoms with E-state index in [2.05, 4.69) is 18.3 Å². The second-order valence-corrected chi connectivity index (χ2v) is 6.90. The van der Waals surface area contributed by atoms with E-state index < -0.39 is 0 Å². The number of pyridine rings is 1. The topological polar surface area (TPSA) is 46.4 Å². The fourth-order valence-electron chi connectivity index (χ4n) is 3.20. The zero-order valence-corrected chi connectivity index (χ0v) is 15.7. The van der Waals surface area contributed by atoms with E-state index in [-0.39, 0.29) is 5.91 Å². The van der Waals surface area contributed by atoms with Gasteiger partial charge < -0.3 is 9.72 Å². The highest BCUT2D eigenvalue weighted by molar-refractivity contribution is 6.05. The van der Waals surface area contributed by atoms with Gasteiger partial charge in [0.05, 0.1) is 5.69 Å². The fraction of sp³-hybridized carbons (Fsp3) is 0.130. The number of hydrogen-bond acceptors (Lipinski definition) is 2. The molecule has 4 heteroatoms. The minimum Gasteiger partial charge on any atom is -0.322 e. The van der Waals surface area contributed by atoms with Crippen LogP contribution in [-0.4, -0.2) is 15.3 Å². The zero-order chi connectivity index (χ0) is 19.0. The molecule has 1 N–H and O–H groups in total. The lowest BCUT2D eigenvalue weighted by Gasteiger charge is -2.09. The van der Waals surface area contributed by atoms with Crippen LogP contribution in [0.25, 0.3) is 16.9 Å². The molecule has 0 saturated heterocycles. The van der Waals surface area contributed by atoms with Gasteiger partial charge in [-0.25, -0.2) is 4.98 Å². The van der Waals surface area contributed by atoms with Crippen molar-refractivity contribution in [2.45, 2.75) is 20.8 Å². The van der Waals surface area contributed by atoms with E-state index in [1.165, 1.54) is 0 Å². The Morgan fingerprint density at radius 3 is 2.48 bits per heavy atom. The van der Waals surface area contributed by atoms with E-state index in [9.17, 15) is 4.79 Å². The number of aryl methyl sites for hydroxylation is 3. The van der Waals surface area contributed by atoms with Crippen molar-refractivity contribution in [1.82, 2.24) is 9.38 Å². The third-order valence-electron chi connectivity index (χ3n) is 4.75. The van der Waals surface area contributed by atoms with Gasteiger partial charge in [0.2, 0.25) is 0 Å². The Bertz CT molecular complexity index is 1140. The number of hydrogen-bond donors (Lipinski definition) is 1. The molecular weight excluding hydrogens is 334 g/mol. The maximum atomic E-state index is 12.6. The number of rotatable bonds is 3. The molecule has 0 aliphatic heterocycles. The molecular formula is C23H21N3O. The molecule has 0 atom stereocenters. The number of benzene rings is 2. The van der Waals surface area contributed by atoms with Gasteiger partial charge in [0.25, 0.3) is 5.91 Å². The van der Waals surface area contributed by atoms with E-state index in [4.69, 9.17) is 4.98 Å². The predicted molar refractivity (Wildman–Crippen MR) is 109 cm³/mol. The number of fused-ring (bicyclic) bond motifs is 1. The van der Waals surface area contributed by atoms with Gasteiger partial charge in [-0.3, -0.25) is 4.79 Å². The van der Waals surface area contributed by atoms with Crippen molar-refractivity contribution < 1.29 is 4.79 Å². The summed E-state index contributed by atoms with van der Waals surface area (Å²) in [5.41, 5.74) is 7.54. The van der Waals surface area contributed by atoms with E-state index >= 15 is 0 Å². The molecule has 0 bridgehead atoms. The number of imidazole rings is 1. The summed E-state index contributed by atoms with van der Waals surface area (Å²) in [7, 11) is 0. The number of nitrogens with zero attached hydrogens (tertiary/aromatic N) is 2. The third-order valence-corrected chi connectivity index (χ3v) is 4.75. The Hall–Kier alpha value is -3.40. The largest absolute Gasteiger partial charge is 0.322 e. The Morgan fingerprint density at radius 2 is 1.74 bits per heavy atom. The molecule has 0 fully saturated rings. The van der Waals surface area contributed by atoms with E-state index in [0.29, 0.717) is 5.56 Å². The van der Waals surface area contributed by atoms with E-state index in [1.54, 1.807) is 0 Å². The lowest BCUT2D eigenvalue weighted by molar-refractivity contribution is 0.102. The SMILES string of the molecule is Cc1ccc(C)c(C(=O)Nc2ccc(-c3cn4cccc(C)c4n3)cc2)c1. The predicted octanol–water partition coefficient (Wildman–Crippen LogP) is 5.18. The molecule has 4 rings (SSSR count). The maximum absolute atomic E-state index is 12.6. The summed E-state index contributed by atoms with van der Waals surface area (Å²) in [6.07, 6.45) is 4.02. The molecule has 0 aliphatic carbocycles. The van der Waals surface area contributed by atoms with Crippen molar-refractivity contribution in [3.8, 4) is 11.3 Å². The van der Waals surface area contributed by atoms with Crippen LogP contribution >= 0.6 is 0 Å². The molecule has 1 amide bonds. The highest BCUT2D eigenvalue weighted by Crippen LogP contribution is 2.23. The molecule has 134 valence electrons. The first-order valence-corrected chi connectivity index (χ1v) is 8.94. The highest BCUT2D eigenvalue weighted by atomic mass is 16.1. The summed E-state index contributed by atoms with van der Waals surface area (Å²) in [4.78, 5) is 17.3. The second kappa shape index (κ2) is 6.72. The number of carbonyl (C=O) groups excluding carboxylic acids is 1. The van der Waals surface area contributed by atoms with Crippen LogP contribution in [0.1, 0.15) is 27.0 Å². The van der Waals surface area contributed by atoms with Gasteiger partial charge in [0, 0.05) is 29.2 Å². The molecule has 2 aromatic heterocycles. The Balaban J connectivity index is 1.57. The van der Waals surface area contributed by atoms with Crippen molar-refractivity contribution in [2.75, 3.05) is 5.32 Å². The first-order valence-electron chi connectivity index (χ1n) is 8.94. The van der Waals surface area contributed by atoms with Gasteiger partial charge in [-0.2, -0.15) is 0 Å². The summed E-state index contributed by atoms with van der Waals surface area (Å²) in [6.45, 7) is 5.99. The van der Waals surface area contributed by atoms with Gasteiger partial charge >= 0.3 is 0 Å². The van der Waals surface area contributed by atoms with Gasteiger partial charge in [-0.05, 0) is 56.2 Å². The van der Waals surface area contributed by atoms with Gasteiger partial charge in [0.1, 0.15) is 5.65 Å². The number of amides is 1. The maximum Gasteiger partial charge on any atom is 0.255 e. The Labute approximate surface area is 158 Å². The third kappa shape index (κ3) is 3.34. The number of anilines is 1. The summed E-state index contributed by atoms with van der Waals surface area (Å²) < 4.78 is 2.03.